The van der Waals surface area contributed by atoms with Gasteiger partial charge in [0, 0.05) is 27.3 Å². The summed E-state index contributed by atoms with van der Waals surface area (Å²) in [5, 5.41) is 7.94. The molecule has 0 bridgehead atoms. The zero-order valence-corrected chi connectivity index (χ0v) is 18.8. The number of aromatic nitrogens is 2. The van der Waals surface area contributed by atoms with Crippen molar-refractivity contribution in [3.8, 4) is 5.75 Å². The number of nitrogens with zero attached hydrogens (tertiary/aromatic N) is 2. The molecule has 0 fully saturated rings. The van der Waals surface area contributed by atoms with Crippen LogP contribution in [0.4, 0.5) is 5.82 Å². The number of hydrogen-bond acceptors (Lipinski definition) is 3. The summed E-state index contributed by atoms with van der Waals surface area (Å²) in [5.74, 6) is 1.02. The molecule has 0 saturated heterocycles. The molecule has 4 aromatic rings. The van der Waals surface area contributed by atoms with Gasteiger partial charge in [0.25, 0.3) is 5.91 Å². The van der Waals surface area contributed by atoms with Crippen LogP contribution in [0.5, 0.6) is 5.75 Å². The first-order valence-electron chi connectivity index (χ1n) is 9.62. The maximum absolute atomic E-state index is 12.7. The number of ether oxygens (including phenoxy) is 1. The lowest BCUT2D eigenvalue weighted by Gasteiger charge is -2.08. The van der Waals surface area contributed by atoms with Crippen LogP contribution in [0.1, 0.15) is 21.5 Å². The number of amides is 1. The SMILES string of the molecule is O=C(Nc1ccn(Cc2cccc(Cl)c2)n1)c1cccc(COc2cccc(Br)c2)c1. The quantitative estimate of drug-likeness (QED) is 0.332. The standard InChI is InChI=1S/C24H19BrClN3O2/c25-20-7-3-9-22(14-20)31-16-18-5-1-6-19(12-18)24(30)27-23-10-11-29(28-23)15-17-4-2-8-21(26)13-17/h1-14H,15-16H2,(H,27,28,30). The minimum atomic E-state index is -0.225. The summed E-state index contributed by atoms with van der Waals surface area (Å²) in [4.78, 5) is 12.7. The molecule has 0 spiro atoms. The van der Waals surface area contributed by atoms with E-state index in [4.69, 9.17) is 16.3 Å². The Bertz CT molecular complexity index is 1210. The Morgan fingerprint density at radius 2 is 1.81 bits per heavy atom. The lowest BCUT2D eigenvalue weighted by atomic mass is 10.1. The lowest BCUT2D eigenvalue weighted by molar-refractivity contribution is 0.102. The molecule has 1 amide bonds. The Morgan fingerprint density at radius 3 is 2.65 bits per heavy atom. The van der Waals surface area contributed by atoms with Gasteiger partial charge in [-0.15, -0.1) is 0 Å². The molecule has 1 heterocycles. The van der Waals surface area contributed by atoms with Crippen LogP contribution in [0.25, 0.3) is 0 Å². The largest absolute Gasteiger partial charge is 0.489 e. The predicted octanol–water partition coefficient (Wildman–Crippen LogP) is 6.18. The van der Waals surface area contributed by atoms with E-state index < -0.39 is 0 Å². The first-order chi connectivity index (χ1) is 15.0. The third kappa shape index (κ3) is 5.96. The zero-order valence-electron chi connectivity index (χ0n) is 16.5. The van der Waals surface area contributed by atoms with Crippen LogP contribution in [0, 0.1) is 0 Å². The monoisotopic (exact) mass is 495 g/mol. The van der Waals surface area contributed by atoms with Crippen molar-refractivity contribution in [1.82, 2.24) is 9.78 Å². The van der Waals surface area contributed by atoms with E-state index >= 15 is 0 Å². The number of halogens is 2. The van der Waals surface area contributed by atoms with Crippen molar-refractivity contribution in [3.63, 3.8) is 0 Å². The fourth-order valence-corrected chi connectivity index (χ4v) is 3.64. The molecule has 1 N–H and O–H groups in total. The van der Waals surface area contributed by atoms with Gasteiger partial charge in [0.1, 0.15) is 12.4 Å². The molecule has 156 valence electrons. The van der Waals surface area contributed by atoms with Crippen LogP contribution in [0.3, 0.4) is 0 Å². The highest BCUT2D eigenvalue weighted by atomic mass is 79.9. The summed E-state index contributed by atoms with van der Waals surface area (Å²) >= 11 is 9.46. The average Bonchev–Trinajstić information content (AvgIpc) is 3.19. The van der Waals surface area contributed by atoms with Gasteiger partial charge in [0.15, 0.2) is 5.82 Å². The van der Waals surface area contributed by atoms with Crippen molar-refractivity contribution < 1.29 is 9.53 Å². The molecule has 31 heavy (non-hydrogen) atoms. The predicted molar refractivity (Wildman–Crippen MR) is 126 cm³/mol. The van der Waals surface area contributed by atoms with Crippen molar-refractivity contribution in [3.05, 3.63) is 111 Å². The molecule has 0 saturated carbocycles. The van der Waals surface area contributed by atoms with Gasteiger partial charge in [-0.25, -0.2) is 0 Å². The summed E-state index contributed by atoms with van der Waals surface area (Å²) < 4.78 is 8.51. The van der Waals surface area contributed by atoms with E-state index in [0.717, 1.165) is 21.3 Å². The maximum Gasteiger partial charge on any atom is 0.256 e. The topological polar surface area (TPSA) is 56.2 Å². The molecule has 7 heteroatoms. The Morgan fingerprint density at radius 1 is 1.00 bits per heavy atom. The van der Waals surface area contributed by atoms with Crippen molar-refractivity contribution >= 4 is 39.3 Å². The second kappa shape index (κ2) is 9.81. The number of rotatable bonds is 7. The van der Waals surface area contributed by atoms with E-state index in [1.165, 1.54) is 0 Å². The van der Waals surface area contributed by atoms with Crippen molar-refractivity contribution in [1.29, 1.82) is 0 Å². The third-order valence-electron chi connectivity index (χ3n) is 4.51. The summed E-state index contributed by atoms with van der Waals surface area (Å²) in [6.45, 7) is 0.935. The Labute approximate surface area is 193 Å². The number of benzene rings is 3. The van der Waals surface area contributed by atoms with Gasteiger partial charge in [-0.05, 0) is 53.6 Å². The number of hydrogen-bond donors (Lipinski definition) is 1. The molecule has 3 aromatic carbocycles. The third-order valence-corrected chi connectivity index (χ3v) is 5.23. The van der Waals surface area contributed by atoms with Crippen LogP contribution >= 0.6 is 27.5 Å². The van der Waals surface area contributed by atoms with E-state index in [1.807, 2.05) is 72.9 Å². The van der Waals surface area contributed by atoms with Gasteiger partial charge in [-0.2, -0.15) is 5.10 Å². The number of carbonyl (C=O) groups excluding carboxylic acids is 1. The molecule has 0 aliphatic heterocycles. The van der Waals surface area contributed by atoms with E-state index in [9.17, 15) is 4.79 Å². The molecule has 0 atom stereocenters. The Balaban J connectivity index is 1.37. The minimum Gasteiger partial charge on any atom is -0.489 e. The van der Waals surface area contributed by atoms with Crippen molar-refractivity contribution in [2.24, 2.45) is 0 Å². The first kappa shape index (κ1) is 21.2. The van der Waals surface area contributed by atoms with Crippen molar-refractivity contribution in [2.75, 3.05) is 5.32 Å². The van der Waals surface area contributed by atoms with Crippen LogP contribution in [-0.2, 0) is 13.2 Å². The fourth-order valence-electron chi connectivity index (χ4n) is 3.05. The summed E-state index contributed by atoms with van der Waals surface area (Å²) in [5.41, 5.74) is 2.48. The molecule has 0 aliphatic rings. The molecule has 1 aromatic heterocycles. The van der Waals surface area contributed by atoms with Crippen LogP contribution in [-0.4, -0.2) is 15.7 Å². The zero-order chi connectivity index (χ0) is 21.6. The summed E-state index contributed by atoms with van der Waals surface area (Å²) in [6, 6.07) is 24.4. The molecule has 0 aliphatic carbocycles. The normalized spacial score (nSPS) is 10.6. The molecular weight excluding hydrogens is 478 g/mol. The highest BCUT2D eigenvalue weighted by molar-refractivity contribution is 9.10. The second-order valence-electron chi connectivity index (χ2n) is 6.93. The number of carbonyl (C=O) groups is 1. The highest BCUT2D eigenvalue weighted by Gasteiger charge is 2.09. The van der Waals surface area contributed by atoms with E-state index in [1.54, 1.807) is 16.8 Å². The summed E-state index contributed by atoms with van der Waals surface area (Å²) in [6.07, 6.45) is 1.82. The molecule has 4 rings (SSSR count). The smallest absolute Gasteiger partial charge is 0.256 e. The number of anilines is 1. The van der Waals surface area contributed by atoms with E-state index in [-0.39, 0.29) is 5.91 Å². The maximum atomic E-state index is 12.7. The molecule has 0 unspecified atom stereocenters. The Kier molecular flexibility index (Phi) is 6.70. The van der Waals surface area contributed by atoms with Crippen LogP contribution in [0.2, 0.25) is 5.02 Å². The Hall–Kier alpha value is -3.09. The molecule has 5 nitrogen and oxygen atoms in total. The first-order valence-corrected chi connectivity index (χ1v) is 10.8. The lowest BCUT2D eigenvalue weighted by Crippen LogP contribution is -2.13. The van der Waals surface area contributed by atoms with E-state index in [0.29, 0.717) is 29.6 Å². The fraction of sp³-hybridized carbons (Fsp3) is 0.0833. The molecule has 0 radical (unpaired) electrons. The van der Waals surface area contributed by atoms with Gasteiger partial charge in [0.05, 0.1) is 6.54 Å². The molecular formula is C24H19BrClN3O2. The van der Waals surface area contributed by atoms with Crippen molar-refractivity contribution in [2.45, 2.75) is 13.2 Å². The van der Waals surface area contributed by atoms with E-state index in [2.05, 4.69) is 26.3 Å². The average molecular weight is 497 g/mol. The van der Waals surface area contributed by atoms with Gasteiger partial charge in [-0.3, -0.25) is 9.48 Å². The summed E-state index contributed by atoms with van der Waals surface area (Å²) in [7, 11) is 0. The highest BCUT2D eigenvalue weighted by Crippen LogP contribution is 2.19. The van der Waals surface area contributed by atoms with Crippen LogP contribution in [0.15, 0.2) is 89.5 Å². The van der Waals surface area contributed by atoms with Crippen LogP contribution < -0.4 is 10.1 Å². The van der Waals surface area contributed by atoms with Gasteiger partial charge in [-0.1, -0.05) is 57.9 Å². The van der Waals surface area contributed by atoms with Gasteiger partial charge in [0.2, 0.25) is 0 Å². The van der Waals surface area contributed by atoms with Gasteiger partial charge >= 0.3 is 0 Å². The second-order valence-corrected chi connectivity index (χ2v) is 8.28. The van der Waals surface area contributed by atoms with Gasteiger partial charge < -0.3 is 10.1 Å². The number of nitrogens with one attached hydrogen (secondary N) is 1. The minimum absolute atomic E-state index is 0.225.